The van der Waals surface area contributed by atoms with E-state index in [-0.39, 0.29) is 16.9 Å². The van der Waals surface area contributed by atoms with Gasteiger partial charge in [-0.25, -0.2) is 8.42 Å². The van der Waals surface area contributed by atoms with Gasteiger partial charge in [0.2, 0.25) is 0 Å². The molecule has 1 aliphatic heterocycles. The van der Waals surface area contributed by atoms with Crippen LogP contribution in [0.3, 0.4) is 0 Å². The van der Waals surface area contributed by atoms with E-state index in [1.54, 1.807) is 30.3 Å². The highest BCUT2D eigenvalue weighted by Gasteiger charge is 2.38. The molecule has 5 nitrogen and oxygen atoms in total. The molecule has 0 amide bonds. The van der Waals surface area contributed by atoms with Crippen LogP contribution in [0.15, 0.2) is 102 Å². The van der Waals surface area contributed by atoms with Crippen molar-refractivity contribution >= 4 is 26.6 Å². The minimum atomic E-state index is -3.72. The molecule has 0 saturated heterocycles. The lowest BCUT2D eigenvalue weighted by Crippen LogP contribution is -2.13. The van der Waals surface area contributed by atoms with Crippen LogP contribution in [0.2, 0.25) is 0 Å². The molecule has 5 aromatic rings. The normalized spacial score (nSPS) is 16.9. The maximum atomic E-state index is 13.1. The predicted molar refractivity (Wildman–Crippen MR) is 148 cm³/mol. The Labute approximate surface area is 217 Å². The quantitative estimate of drug-likeness (QED) is 0.282. The third-order valence-electron chi connectivity index (χ3n) is 7.20. The van der Waals surface area contributed by atoms with Gasteiger partial charge >= 0.3 is 0 Å². The van der Waals surface area contributed by atoms with Gasteiger partial charge in [-0.3, -0.25) is 4.72 Å². The van der Waals surface area contributed by atoms with Gasteiger partial charge in [0.1, 0.15) is 11.9 Å². The van der Waals surface area contributed by atoms with Gasteiger partial charge in [0.05, 0.1) is 10.8 Å². The maximum absolute atomic E-state index is 13.1. The molecular weight excluding hydrogens is 480 g/mol. The Hall–Kier alpha value is -4.03. The first kappa shape index (κ1) is 23.4. The number of fused-ring (bicyclic) bond motifs is 2. The lowest BCUT2D eigenvalue weighted by molar-refractivity contribution is 0.224. The van der Waals surface area contributed by atoms with Crippen molar-refractivity contribution in [2.24, 2.45) is 7.05 Å². The fraction of sp³-hybridized carbons (Fsp3) is 0.161. The Kier molecular flexibility index (Phi) is 5.57. The van der Waals surface area contributed by atoms with E-state index in [1.165, 1.54) is 10.9 Å². The van der Waals surface area contributed by atoms with Crippen LogP contribution in [0, 0.1) is 13.8 Å². The molecule has 186 valence electrons. The number of sulfonamides is 1. The van der Waals surface area contributed by atoms with E-state index in [0.29, 0.717) is 5.69 Å². The highest BCUT2D eigenvalue weighted by Crippen LogP contribution is 2.52. The lowest BCUT2D eigenvalue weighted by Gasteiger charge is -2.20. The van der Waals surface area contributed by atoms with Crippen molar-refractivity contribution in [3.8, 4) is 5.75 Å². The van der Waals surface area contributed by atoms with Gasteiger partial charge in [-0.2, -0.15) is 0 Å². The molecule has 1 N–H and O–H groups in total. The number of rotatable bonds is 5. The number of anilines is 1. The Balaban J connectivity index is 1.45. The molecular formula is C31H28N2O3S. The van der Waals surface area contributed by atoms with Gasteiger partial charge in [-0.1, -0.05) is 60.2 Å². The van der Waals surface area contributed by atoms with Crippen LogP contribution in [0.5, 0.6) is 5.75 Å². The number of ether oxygens (including phenoxy) is 1. The molecule has 1 aromatic heterocycles. The Morgan fingerprint density at radius 2 is 1.59 bits per heavy atom. The molecule has 0 unspecified atom stereocenters. The van der Waals surface area contributed by atoms with Crippen LogP contribution in [-0.4, -0.2) is 13.0 Å². The van der Waals surface area contributed by atoms with Crippen molar-refractivity contribution in [3.63, 3.8) is 0 Å². The fourth-order valence-corrected chi connectivity index (χ4v) is 6.45. The Bertz CT molecular complexity index is 1720. The third-order valence-corrected chi connectivity index (χ3v) is 8.60. The predicted octanol–water partition coefficient (Wildman–Crippen LogP) is 6.86. The molecule has 2 heterocycles. The van der Waals surface area contributed by atoms with Crippen LogP contribution in [0.1, 0.15) is 39.8 Å². The fourth-order valence-electron chi connectivity index (χ4n) is 5.40. The highest BCUT2D eigenvalue weighted by atomic mass is 32.2. The minimum Gasteiger partial charge on any atom is -0.484 e. The first-order valence-electron chi connectivity index (χ1n) is 12.3. The van der Waals surface area contributed by atoms with Gasteiger partial charge in [0.15, 0.2) is 0 Å². The maximum Gasteiger partial charge on any atom is 0.261 e. The number of aryl methyl sites for hydroxylation is 3. The summed E-state index contributed by atoms with van der Waals surface area (Å²) in [5, 5.41) is 1.20. The van der Waals surface area contributed by atoms with Crippen LogP contribution in [0.4, 0.5) is 5.69 Å². The lowest BCUT2D eigenvalue weighted by atomic mass is 9.84. The average molecular weight is 509 g/mol. The summed E-state index contributed by atoms with van der Waals surface area (Å²) in [6.45, 7) is 4.06. The third kappa shape index (κ3) is 4.07. The molecule has 0 saturated carbocycles. The van der Waals surface area contributed by atoms with E-state index < -0.39 is 10.0 Å². The van der Waals surface area contributed by atoms with Gasteiger partial charge in [0, 0.05) is 41.0 Å². The number of hydrogen-bond acceptors (Lipinski definition) is 3. The molecule has 6 heteroatoms. The van der Waals surface area contributed by atoms with Crippen LogP contribution >= 0.6 is 0 Å². The summed E-state index contributed by atoms with van der Waals surface area (Å²) in [5.41, 5.74) is 7.09. The zero-order valence-electron chi connectivity index (χ0n) is 21.0. The van der Waals surface area contributed by atoms with Crippen molar-refractivity contribution in [1.29, 1.82) is 0 Å². The van der Waals surface area contributed by atoms with E-state index in [9.17, 15) is 8.42 Å². The molecule has 0 bridgehead atoms. The van der Waals surface area contributed by atoms with Crippen molar-refractivity contribution in [2.75, 3.05) is 4.72 Å². The zero-order chi connectivity index (χ0) is 25.7. The summed E-state index contributed by atoms with van der Waals surface area (Å²) in [6.07, 6.45) is 1.91. The molecule has 0 radical (unpaired) electrons. The highest BCUT2D eigenvalue weighted by molar-refractivity contribution is 7.92. The SMILES string of the molecule is Cc1ccc(S(=O)(=O)Nc2ccc3c(c2)[C@H](c2ccccc2)[C@@H](c2cn(C)c4cccc(C)c24)O3)cc1. The van der Waals surface area contributed by atoms with E-state index in [2.05, 4.69) is 59.8 Å². The van der Waals surface area contributed by atoms with Gasteiger partial charge in [0.25, 0.3) is 10.0 Å². The summed E-state index contributed by atoms with van der Waals surface area (Å²) in [4.78, 5) is 0.235. The average Bonchev–Trinajstić information content (AvgIpc) is 3.43. The molecule has 0 fully saturated rings. The molecule has 1 aliphatic rings. The standard InChI is InChI=1S/C31H28N2O3S/c1-20-12-15-24(16-13-20)37(34,35)32-23-14-17-28-25(18-23)30(22-9-5-4-6-10-22)31(36-28)26-19-33(3)27-11-7-8-21(2)29(26)27/h4-19,30-32H,1-3H3/t30-,31+/m0/s1. The monoisotopic (exact) mass is 508 g/mol. The summed E-state index contributed by atoms with van der Waals surface area (Å²) >= 11 is 0. The first-order chi connectivity index (χ1) is 17.8. The number of nitrogens with zero attached hydrogens (tertiary/aromatic N) is 1. The van der Waals surface area contributed by atoms with E-state index >= 15 is 0 Å². The molecule has 0 spiro atoms. The smallest absolute Gasteiger partial charge is 0.261 e. The van der Waals surface area contributed by atoms with E-state index in [4.69, 9.17) is 4.74 Å². The second-order valence-electron chi connectivity index (χ2n) is 9.76. The summed E-state index contributed by atoms with van der Waals surface area (Å²) in [5.74, 6) is 0.674. The molecule has 2 atom stereocenters. The van der Waals surface area contributed by atoms with E-state index in [1.807, 2.05) is 37.3 Å². The van der Waals surface area contributed by atoms with Crippen molar-refractivity contribution in [2.45, 2.75) is 30.8 Å². The summed E-state index contributed by atoms with van der Waals surface area (Å²) in [6, 6.07) is 29.0. The number of nitrogens with one attached hydrogen (secondary N) is 1. The second-order valence-corrected chi connectivity index (χ2v) is 11.4. The number of benzene rings is 4. The Morgan fingerprint density at radius 1 is 0.838 bits per heavy atom. The molecule has 0 aliphatic carbocycles. The summed E-state index contributed by atoms with van der Waals surface area (Å²) in [7, 11) is -1.66. The van der Waals surface area contributed by atoms with Crippen LogP contribution in [-0.2, 0) is 17.1 Å². The van der Waals surface area contributed by atoms with Crippen molar-refractivity contribution in [1.82, 2.24) is 4.57 Å². The van der Waals surface area contributed by atoms with Crippen molar-refractivity contribution < 1.29 is 13.2 Å². The number of aromatic nitrogens is 1. The Morgan fingerprint density at radius 3 is 2.35 bits per heavy atom. The first-order valence-corrected chi connectivity index (χ1v) is 13.8. The van der Waals surface area contributed by atoms with Crippen LogP contribution < -0.4 is 9.46 Å². The number of hydrogen-bond donors (Lipinski definition) is 1. The van der Waals surface area contributed by atoms with E-state index in [0.717, 1.165) is 33.5 Å². The minimum absolute atomic E-state index is 0.0924. The largest absolute Gasteiger partial charge is 0.484 e. The second kappa shape index (κ2) is 8.82. The van der Waals surface area contributed by atoms with Crippen LogP contribution in [0.25, 0.3) is 10.9 Å². The molecule has 4 aromatic carbocycles. The zero-order valence-corrected chi connectivity index (χ0v) is 21.8. The molecule has 37 heavy (non-hydrogen) atoms. The summed E-state index contributed by atoms with van der Waals surface area (Å²) < 4.78 is 37.7. The molecule has 6 rings (SSSR count). The van der Waals surface area contributed by atoms with Gasteiger partial charge in [-0.05, 0) is 61.4 Å². The van der Waals surface area contributed by atoms with Gasteiger partial charge < -0.3 is 9.30 Å². The van der Waals surface area contributed by atoms with Crippen molar-refractivity contribution in [3.05, 3.63) is 125 Å². The topological polar surface area (TPSA) is 60.3 Å². The van der Waals surface area contributed by atoms with Gasteiger partial charge in [-0.15, -0.1) is 0 Å².